The van der Waals surface area contributed by atoms with Gasteiger partial charge in [-0.25, -0.2) is 0 Å². The highest BCUT2D eigenvalue weighted by atomic mass is 35.5. The number of Topliss-reactive ketones (excluding diaryl/α,β-unsaturated/α-hetero) is 1. The maximum absolute atomic E-state index is 13.1. The lowest BCUT2D eigenvalue weighted by Gasteiger charge is -2.26. The lowest BCUT2D eigenvalue weighted by atomic mass is 9.94. The molecule has 2 aliphatic rings. The van der Waals surface area contributed by atoms with Gasteiger partial charge in [-0.1, -0.05) is 23.7 Å². The number of rotatable bonds is 6. The molecular formula is C25H27ClN2O4. The first kappa shape index (κ1) is 22.4. The van der Waals surface area contributed by atoms with E-state index in [0.29, 0.717) is 23.6 Å². The highest BCUT2D eigenvalue weighted by Gasteiger charge is 2.45. The second-order valence-electron chi connectivity index (χ2n) is 8.66. The number of ketones is 1. The Morgan fingerprint density at radius 1 is 1.19 bits per heavy atom. The Morgan fingerprint density at radius 3 is 2.59 bits per heavy atom. The predicted molar refractivity (Wildman–Crippen MR) is 124 cm³/mol. The average Bonchev–Trinajstić information content (AvgIpc) is 3.24. The van der Waals surface area contributed by atoms with Crippen LogP contribution in [0.1, 0.15) is 36.1 Å². The van der Waals surface area contributed by atoms with E-state index in [1.54, 1.807) is 41.3 Å². The number of aliphatic hydroxyl groups is 1. The van der Waals surface area contributed by atoms with Crippen LogP contribution in [-0.2, 0) is 16.0 Å². The SMILES string of the molecule is CC1Cc2cc(C(O)=C3C(=O)C(=O)N(CCCN(C)C)C3c3ccc(Cl)cc3)ccc2O1. The first-order chi connectivity index (χ1) is 15.3. The number of hydrogen-bond acceptors (Lipinski definition) is 5. The summed E-state index contributed by atoms with van der Waals surface area (Å²) in [5, 5.41) is 11.8. The zero-order valence-electron chi connectivity index (χ0n) is 18.5. The molecule has 2 aliphatic heterocycles. The van der Waals surface area contributed by atoms with Gasteiger partial charge in [-0.2, -0.15) is 0 Å². The van der Waals surface area contributed by atoms with Crippen molar-refractivity contribution in [2.24, 2.45) is 0 Å². The van der Waals surface area contributed by atoms with E-state index in [1.807, 2.05) is 32.0 Å². The third-order valence-corrected chi connectivity index (χ3v) is 6.15. The topological polar surface area (TPSA) is 70.1 Å². The van der Waals surface area contributed by atoms with E-state index in [-0.39, 0.29) is 17.4 Å². The Balaban J connectivity index is 1.77. The van der Waals surface area contributed by atoms with Crippen molar-refractivity contribution in [1.29, 1.82) is 0 Å². The van der Waals surface area contributed by atoms with Crippen molar-refractivity contribution in [2.45, 2.75) is 31.9 Å². The van der Waals surface area contributed by atoms with Gasteiger partial charge in [0.25, 0.3) is 11.7 Å². The number of likely N-dealkylation sites (tertiary alicyclic amines) is 1. The van der Waals surface area contributed by atoms with Crippen molar-refractivity contribution in [2.75, 3.05) is 27.2 Å². The van der Waals surface area contributed by atoms with Crippen LogP contribution in [0.5, 0.6) is 5.75 Å². The van der Waals surface area contributed by atoms with Crippen LogP contribution >= 0.6 is 11.6 Å². The van der Waals surface area contributed by atoms with Crippen LogP contribution in [0.4, 0.5) is 0 Å². The van der Waals surface area contributed by atoms with Crippen molar-refractivity contribution >= 4 is 29.1 Å². The van der Waals surface area contributed by atoms with Gasteiger partial charge in [-0.15, -0.1) is 0 Å². The minimum Gasteiger partial charge on any atom is -0.507 e. The fourth-order valence-electron chi connectivity index (χ4n) is 4.38. The summed E-state index contributed by atoms with van der Waals surface area (Å²) in [6.45, 7) is 3.17. The van der Waals surface area contributed by atoms with Gasteiger partial charge < -0.3 is 19.6 Å². The van der Waals surface area contributed by atoms with E-state index in [9.17, 15) is 14.7 Å². The third kappa shape index (κ3) is 4.25. The maximum Gasteiger partial charge on any atom is 0.295 e. The highest BCUT2D eigenvalue weighted by Crippen LogP contribution is 2.40. The quantitative estimate of drug-likeness (QED) is 0.405. The first-order valence-electron chi connectivity index (χ1n) is 10.7. The van der Waals surface area contributed by atoms with Crippen molar-refractivity contribution in [3.8, 4) is 5.75 Å². The Kier molecular flexibility index (Phi) is 6.26. The minimum absolute atomic E-state index is 0.0683. The van der Waals surface area contributed by atoms with Gasteiger partial charge in [0.2, 0.25) is 0 Å². The van der Waals surface area contributed by atoms with Crippen LogP contribution in [0, 0.1) is 0 Å². The van der Waals surface area contributed by atoms with Gasteiger partial charge in [0.05, 0.1) is 11.6 Å². The van der Waals surface area contributed by atoms with Crippen molar-refractivity contribution < 1.29 is 19.4 Å². The largest absolute Gasteiger partial charge is 0.507 e. The maximum atomic E-state index is 13.1. The van der Waals surface area contributed by atoms with Gasteiger partial charge in [0.1, 0.15) is 17.6 Å². The molecule has 1 N–H and O–H groups in total. The van der Waals surface area contributed by atoms with E-state index in [4.69, 9.17) is 16.3 Å². The van der Waals surface area contributed by atoms with Crippen LogP contribution in [0.15, 0.2) is 48.0 Å². The molecule has 32 heavy (non-hydrogen) atoms. The predicted octanol–water partition coefficient (Wildman–Crippen LogP) is 4.04. The molecule has 168 valence electrons. The number of nitrogens with zero attached hydrogens (tertiary/aromatic N) is 2. The number of ether oxygens (including phenoxy) is 1. The minimum atomic E-state index is -0.669. The van der Waals surface area contributed by atoms with Gasteiger partial charge in [0, 0.05) is 23.6 Å². The second-order valence-corrected chi connectivity index (χ2v) is 9.09. The Bertz CT molecular complexity index is 1080. The zero-order valence-corrected chi connectivity index (χ0v) is 19.2. The molecule has 6 nitrogen and oxygen atoms in total. The number of halogens is 1. The zero-order chi connectivity index (χ0) is 23.0. The molecule has 7 heteroatoms. The van der Waals surface area contributed by atoms with E-state index in [1.165, 1.54) is 0 Å². The molecule has 2 aromatic rings. The van der Waals surface area contributed by atoms with Crippen LogP contribution in [-0.4, -0.2) is 59.9 Å². The number of fused-ring (bicyclic) bond motifs is 1. The molecule has 0 radical (unpaired) electrons. The summed E-state index contributed by atoms with van der Waals surface area (Å²) in [4.78, 5) is 29.7. The molecule has 0 aromatic heterocycles. The van der Waals surface area contributed by atoms with Gasteiger partial charge >= 0.3 is 0 Å². The number of benzene rings is 2. The summed E-state index contributed by atoms with van der Waals surface area (Å²) in [6, 6.07) is 11.7. The first-order valence-corrected chi connectivity index (χ1v) is 11.1. The van der Waals surface area contributed by atoms with Crippen LogP contribution in [0.3, 0.4) is 0 Å². The number of carbonyl (C=O) groups is 2. The molecular weight excluding hydrogens is 428 g/mol. The molecule has 2 unspecified atom stereocenters. The van der Waals surface area contributed by atoms with Crippen LogP contribution < -0.4 is 4.74 Å². The lowest BCUT2D eigenvalue weighted by molar-refractivity contribution is -0.139. The van der Waals surface area contributed by atoms with Gasteiger partial charge in [-0.05, 0) is 75.4 Å². The van der Waals surface area contributed by atoms with Crippen molar-refractivity contribution in [3.05, 3.63) is 69.8 Å². The lowest BCUT2D eigenvalue weighted by Crippen LogP contribution is -2.32. The molecule has 2 aromatic carbocycles. The fraction of sp³-hybridized carbons (Fsp3) is 0.360. The highest BCUT2D eigenvalue weighted by molar-refractivity contribution is 6.46. The molecule has 4 rings (SSSR count). The van der Waals surface area contributed by atoms with E-state index in [2.05, 4.69) is 0 Å². The van der Waals surface area contributed by atoms with Crippen LogP contribution in [0.25, 0.3) is 5.76 Å². The molecule has 1 saturated heterocycles. The summed E-state index contributed by atoms with van der Waals surface area (Å²) < 4.78 is 5.74. The smallest absolute Gasteiger partial charge is 0.295 e. The molecule has 2 atom stereocenters. The summed E-state index contributed by atoms with van der Waals surface area (Å²) in [5.41, 5.74) is 2.32. The third-order valence-electron chi connectivity index (χ3n) is 5.90. The molecule has 2 heterocycles. The standard InChI is InChI=1S/C25H27ClN2O4/c1-15-13-18-14-17(7-10-20(18)32-15)23(29)21-22(16-5-8-19(26)9-6-16)28(25(31)24(21)30)12-4-11-27(2)3/h5-10,14-15,22,29H,4,11-13H2,1-3H3. The molecule has 0 saturated carbocycles. The van der Waals surface area contributed by atoms with Gasteiger partial charge in [-0.3, -0.25) is 9.59 Å². The monoisotopic (exact) mass is 454 g/mol. The number of aliphatic hydroxyl groups excluding tert-OH is 1. The average molecular weight is 455 g/mol. The number of carbonyl (C=O) groups excluding carboxylic acids is 2. The van der Waals surface area contributed by atoms with E-state index in [0.717, 1.165) is 29.8 Å². The summed E-state index contributed by atoms with van der Waals surface area (Å²) in [7, 11) is 3.92. The summed E-state index contributed by atoms with van der Waals surface area (Å²) in [6.07, 6.45) is 1.51. The van der Waals surface area contributed by atoms with E-state index >= 15 is 0 Å². The Labute approximate surface area is 193 Å². The van der Waals surface area contributed by atoms with E-state index < -0.39 is 17.7 Å². The molecule has 1 fully saturated rings. The molecule has 1 amide bonds. The molecule has 0 bridgehead atoms. The second kappa shape index (κ2) is 8.96. The van der Waals surface area contributed by atoms with Crippen LogP contribution in [0.2, 0.25) is 5.02 Å². The summed E-state index contributed by atoms with van der Waals surface area (Å²) in [5.74, 6) is -0.644. The van der Waals surface area contributed by atoms with Gasteiger partial charge in [0.15, 0.2) is 0 Å². The Hall–Kier alpha value is -2.83. The normalized spacial score (nSPS) is 21.8. The summed E-state index contributed by atoms with van der Waals surface area (Å²) >= 11 is 6.06. The fourth-order valence-corrected chi connectivity index (χ4v) is 4.51. The van der Waals surface area contributed by atoms with Crippen molar-refractivity contribution in [3.63, 3.8) is 0 Å². The Morgan fingerprint density at radius 2 is 1.91 bits per heavy atom. The molecule has 0 aliphatic carbocycles. The number of hydrogen-bond donors (Lipinski definition) is 1. The molecule has 0 spiro atoms. The number of amides is 1. The van der Waals surface area contributed by atoms with Crippen molar-refractivity contribution in [1.82, 2.24) is 9.80 Å².